The number of carbonyl (C=O) groups excluding carboxylic acids is 1. The number of pyridine rings is 1. The summed E-state index contributed by atoms with van der Waals surface area (Å²) in [5.41, 5.74) is -1.50. The smallest absolute Gasteiger partial charge is 0.310 e. The third-order valence-corrected chi connectivity index (χ3v) is 1.85. The van der Waals surface area contributed by atoms with E-state index < -0.39 is 23.4 Å². The van der Waals surface area contributed by atoms with Crippen LogP contribution in [0.5, 0.6) is 0 Å². The first-order chi connectivity index (χ1) is 7.06. The minimum Gasteiger partial charge on any atom is -0.469 e. The monoisotopic (exact) mass is 217 g/mol. The maximum Gasteiger partial charge on any atom is 0.310 e. The third-order valence-electron chi connectivity index (χ3n) is 1.85. The van der Waals surface area contributed by atoms with E-state index >= 15 is 0 Å². The zero-order valence-electron chi connectivity index (χ0n) is 7.92. The second-order valence-corrected chi connectivity index (χ2v) is 2.82. The topological polar surface area (TPSA) is 59.2 Å². The molecule has 0 saturated carbocycles. The summed E-state index contributed by atoms with van der Waals surface area (Å²) in [6, 6.07) is 0. The van der Waals surface area contributed by atoms with E-state index in [-0.39, 0.29) is 12.0 Å². The summed E-state index contributed by atoms with van der Waals surface area (Å²) in [4.78, 5) is 24.6. The van der Waals surface area contributed by atoms with Gasteiger partial charge in [0.2, 0.25) is 0 Å². The highest BCUT2D eigenvalue weighted by molar-refractivity contribution is 5.72. The molecule has 1 aromatic rings. The SMILES string of the molecule is COC(=O)Cc1c[nH]cc(C(F)F)c1=O. The zero-order valence-corrected chi connectivity index (χ0v) is 7.92. The van der Waals surface area contributed by atoms with E-state index in [1.165, 1.54) is 6.20 Å². The summed E-state index contributed by atoms with van der Waals surface area (Å²) in [7, 11) is 1.16. The second kappa shape index (κ2) is 4.68. The van der Waals surface area contributed by atoms with Crippen LogP contribution in [0, 0.1) is 0 Å². The average molecular weight is 217 g/mol. The number of aromatic nitrogens is 1. The van der Waals surface area contributed by atoms with Gasteiger partial charge in [0.25, 0.3) is 6.43 Å². The summed E-state index contributed by atoms with van der Waals surface area (Å²) in [5, 5.41) is 0. The van der Waals surface area contributed by atoms with E-state index in [2.05, 4.69) is 9.72 Å². The minimum absolute atomic E-state index is 0.0281. The average Bonchev–Trinajstić information content (AvgIpc) is 2.20. The van der Waals surface area contributed by atoms with Gasteiger partial charge in [-0.25, -0.2) is 8.78 Å². The predicted octanol–water partition coefficient (Wildman–Crippen LogP) is 1.03. The fourth-order valence-electron chi connectivity index (χ4n) is 1.07. The van der Waals surface area contributed by atoms with Gasteiger partial charge in [0.05, 0.1) is 19.1 Å². The summed E-state index contributed by atoms with van der Waals surface area (Å²) in [6.45, 7) is 0. The van der Waals surface area contributed by atoms with Crippen molar-refractivity contribution in [2.45, 2.75) is 12.8 Å². The number of alkyl halides is 2. The van der Waals surface area contributed by atoms with Gasteiger partial charge in [-0.05, 0) is 0 Å². The number of carbonyl (C=O) groups is 1. The Morgan fingerprint density at radius 3 is 2.73 bits per heavy atom. The fraction of sp³-hybridized carbons (Fsp3) is 0.333. The van der Waals surface area contributed by atoms with Crippen LogP contribution in [0.2, 0.25) is 0 Å². The number of hydrogen-bond donors (Lipinski definition) is 1. The lowest BCUT2D eigenvalue weighted by molar-refractivity contribution is -0.139. The molecular weight excluding hydrogens is 208 g/mol. The molecule has 0 aliphatic rings. The molecular formula is C9H9F2NO3. The molecule has 4 nitrogen and oxygen atoms in total. The molecule has 0 aromatic carbocycles. The Morgan fingerprint density at radius 2 is 2.20 bits per heavy atom. The predicted molar refractivity (Wildman–Crippen MR) is 47.7 cm³/mol. The van der Waals surface area contributed by atoms with Crippen molar-refractivity contribution in [2.24, 2.45) is 0 Å². The van der Waals surface area contributed by atoms with Gasteiger partial charge in [-0.1, -0.05) is 0 Å². The first-order valence-corrected chi connectivity index (χ1v) is 4.11. The Hall–Kier alpha value is -1.72. The van der Waals surface area contributed by atoms with Gasteiger partial charge in [-0.15, -0.1) is 0 Å². The highest BCUT2D eigenvalue weighted by Gasteiger charge is 2.15. The van der Waals surface area contributed by atoms with Crippen molar-refractivity contribution in [1.29, 1.82) is 0 Å². The van der Waals surface area contributed by atoms with Crippen molar-refractivity contribution in [3.63, 3.8) is 0 Å². The van der Waals surface area contributed by atoms with Crippen molar-refractivity contribution < 1.29 is 18.3 Å². The minimum atomic E-state index is -2.86. The number of methoxy groups -OCH3 is 1. The van der Waals surface area contributed by atoms with E-state index in [0.29, 0.717) is 0 Å². The van der Waals surface area contributed by atoms with Crippen molar-refractivity contribution in [3.8, 4) is 0 Å². The van der Waals surface area contributed by atoms with E-state index in [9.17, 15) is 18.4 Å². The number of nitrogens with one attached hydrogen (secondary N) is 1. The van der Waals surface area contributed by atoms with Crippen LogP contribution in [0.4, 0.5) is 8.78 Å². The first kappa shape index (κ1) is 11.4. The third kappa shape index (κ3) is 2.61. The molecule has 1 N–H and O–H groups in total. The molecule has 0 unspecified atom stereocenters. The van der Waals surface area contributed by atoms with Crippen LogP contribution in [0.25, 0.3) is 0 Å². The second-order valence-electron chi connectivity index (χ2n) is 2.82. The molecule has 0 amide bonds. The molecule has 1 heterocycles. The van der Waals surface area contributed by atoms with Crippen LogP contribution < -0.4 is 5.43 Å². The van der Waals surface area contributed by atoms with Crippen molar-refractivity contribution in [1.82, 2.24) is 4.98 Å². The molecule has 0 spiro atoms. The molecule has 0 aliphatic carbocycles. The Labute approximate surface area is 83.9 Å². The lowest BCUT2D eigenvalue weighted by Gasteiger charge is -2.02. The van der Waals surface area contributed by atoms with Gasteiger partial charge in [0.15, 0.2) is 5.43 Å². The maximum absolute atomic E-state index is 12.3. The Bertz CT molecular complexity index is 414. The first-order valence-electron chi connectivity index (χ1n) is 4.11. The molecule has 0 radical (unpaired) electrons. The summed E-state index contributed by atoms with van der Waals surface area (Å²) in [6.07, 6.45) is -1.03. The fourth-order valence-corrected chi connectivity index (χ4v) is 1.07. The molecule has 15 heavy (non-hydrogen) atoms. The molecule has 1 rings (SSSR count). The largest absolute Gasteiger partial charge is 0.469 e. The molecule has 0 aliphatic heterocycles. The molecule has 0 saturated heterocycles. The van der Waals surface area contributed by atoms with Gasteiger partial charge in [-0.2, -0.15) is 0 Å². The summed E-state index contributed by atoms with van der Waals surface area (Å²) >= 11 is 0. The molecule has 0 fully saturated rings. The van der Waals surface area contributed by atoms with E-state index in [4.69, 9.17) is 0 Å². The quantitative estimate of drug-likeness (QED) is 0.769. The van der Waals surface area contributed by atoms with Gasteiger partial charge >= 0.3 is 5.97 Å². The highest BCUT2D eigenvalue weighted by atomic mass is 19.3. The number of rotatable bonds is 3. The standard InChI is InChI=1S/C9H9F2NO3/c1-15-7(13)2-5-3-12-4-6(8(5)14)9(10)11/h3-4,9H,2H2,1H3,(H,12,14). The van der Waals surface area contributed by atoms with Crippen LogP contribution in [0.15, 0.2) is 17.2 Å². The van der Waals surface area contributed by atoms with Gasteiger partial charge in [0.1, 0.15) is 0 Å². The van der Waals surface area contributed by atoms with Crippen LogP contribution in [-0.2, 0) is 16.0 Å². The molecule has 6 heteroatoms. The van der Waals surface area contributed by atoms with Crippen LogP contribution >= 0.6 is 0 Å². The van der Waals surface area contributed by atoms with Crippen molar-refractivity contribution >= 4 is 5.97 Å². The lowest BCUT2D eigenvalue weighted by Crippen LogP contribution is -2.18. The number of hydrogen-bond acceptors (Lipinski definition) is 3. The normalized spacial score (nSPS) is 10.4. The van der Waals surface area contributed by atoms with Crippen molar-refractivity contribution in [3.05, 3.63) is 33.7 Å². The highest BCUT2D eigenvalue weighted by Crippen LogP contribution is 2.13. The van der Waals surface area contributed by atoms with Crippen LogP contribution in [0.1, 0.15) is 17.6 Å². The zero-order chi connectivity index (χ0) is 11.4. The maximum atomic E-state index is 12.3. The van der Waals surface area contributed by atoms with E-state index in [1.54, 1.807) is 0 Å². The van der Waals surface area contributed by atoms with E-state index in [1.807, 2.05) is 0 Å². The van der Waals surface area contributed by atoms with Gasteiger partial charge in [0, 0.05) is 18.0 Å². The van der Waals surface area contributed by atoms with Crippen LogP contribution in [0.3, 0.4) is 0 Å². The van der Waals surface area contributed by atoms with Crippen LogP contribution in [-0.4, -0.2) is 18.1 Å². The summed E-state index contributed by atoms with van der Waals surface area (Å²) < 4.78 is 28.9. The number of H-pyrrole nitrogens is 1. The van der Waals surface area contributed by atoms with Crippen molar-refractivity contribution in [2.75, 3.05) is 7.11 Å². The molecule has 0 bridgehead atoms. The lowest BCUT2D eigenvalue weighted by atomic mass is 10.1. The number of halogens is 2. The number of esters is 1. The van der Waals surface area contributed by atoms with Gasteiger partial charge < -0.3 is 9.72 Å². The molecule has 82 valence electrons. The summed E-state index contributed by atoms with van der Waals surface area (Å²) in [5.74, 6) is -0.646. The number of aromatic amines is 1. The Morgan fingerprint density at radius 1 is 1.53 bits per heavy atom. The molecule has 0 atom stereocenters. The van der Waals surface area contributed by atoms with Gasteiger partial charge in [-0.3, -0.25) is 9.59 Å². The Kier molecular flexibility index (Phi) is 3.54. The number of ether oxygens (including phenoxy) is 1. The Balaban J connectivity index is 3.05. The molecule has 1 aromatic heterocycles. The van der Waals surface area contributed by atoms with E-state index in [0.717, 1.165) is 13.3 Å².